The number of nitrogens with zero attached hydrogens (tertiary/aromatic N) is 2. The van der Waals surface area contributed by atoms with Gasteiger partial charge in [0.1, 0.15) is 17.0 Å². The van der Waals surface area contributed by atoms with E-state index >= 15 is 0 Å². The van der Waals surface area contributed by atoms with Gasteiger partial charge in [-0.1, -0.05) is 6.92 Å². The zero-order chi connectivity index (χ0) is 15.3. The second-order valence-electron chi connectivity index (χ2n) is 4.63. The van der Waals surface area contributed by atoms with Crippen LogP contribution in [0.25, 0.3) is 0 Å². The fraction of sp³-hybridized carbons (Fsp3) is 0.643. The average Bonchev–Trinajstić information content (AvgIpc) is 2.38. The zero-order valence-electron chi connectivity index (χ0n) is 12.8. The van der Waals surface area contributed by atoms with Crippen molar-refractivity contribution in [2.45, 2.75) is 46.6 Å². The smallest absolute Gasteiger partial charge is 0.343 e. The summed E-state index contributed by atoms with van der Waals surface area (Å²) in [5.74, 6) is 0.124. The second-order valence-corrected chi connectivity index (χ2v) is 4.63. The molecule has 1 aromatic heterocycles. The van der Waals surface area contributed by atoms with E-state index in [1.165, 1.54) is 0 Å². The van der Waals surface area contributed by atoms with E-state index in [0.717, 1.165) is 0 Å². The normalized spacial score (nSPS) is 13.8. The highest BCUT2D eigenvalue weighted by Crippen LogP contribution is 2.28. The first kappa shape index (κ1) is 16.4. The monoisotopic (exact) mass is 281 g/mol. The van der Waals surface area contributed by atoms with E-state index in [2.05, 4.69) is 9.97 Å². The van der Waals surface area contributed by atoms with Crippen molar-refractivity contribution in [3.63, 3.8) is 0 Å². The number of rotatable bonds is 6. The van der Waals surface area contributed by atoms with E-state index in [1.54, 1.807) is 13.8 Å². The summed E-state index contributed by atoms with van der Waals surface area (Å²) in [6.45, 7) is 10.1. The SMILES string of the molecule is CCOC(=O)c1c(C)nc(C(C)(CC)OCC)nc1N. The van der Waals surface area contributed by atoms with Crippen LogP contribution in [0, 0.1) is 6.92 Å². The summed E-state index contributed by atoms with van der Waals surface area (Å²) in [4.78, 5) is 20.5. The Hall–Kier alpha value is -1.69. The predicted octanol–water partition coefficient (Wildman–Crippen LogP) is 2.21. The Morgan fingerprint density at radius 1 is 1.25 bits per heavy atom. The molecule has 20 heavy (non-hydrogen) atoms. The van der Waals surface area contributed by atoms with Crippen molar-refractivity contribution in [3.8, 4) is 0 Å². The van der Waals surface area contributed by atoms with E-state index in [-0.39, 0.29) is 18.0 Å². The Bertz CT molecular complexity index is 468. The van der Waals surface area contributed by atoms with Crippen molar-refractivity contribution in [2.75, 3.05) is 18.9 Å². The Balaban J connectivity index is 3.25. The van der Waals surface area contributed by atoms with E-state index in [4.69, 9.17) is 15.2 Å². The molecule has 1 rings (SSSR count). The summed E-state index contributed by atoms with van der Waals surface area (Å²) in [7, 11) is 0. The van der Waals surface area contributed by atoms with Crippen molar-refractivity contribution < 1.29 is 14.3 Å². The lowest BCUT2D eigenvalue weighted by atomic mass is 10.0. The topological polar surface area (TPSA) is 87.3 Å². The number of esters is 1. The summed E-state index contributed by atoms with van der Waals surface area (Å²) in [6, 6.07) is 0. The zero-order valence-corrected chi connectivity index (χ0v) is 12.8. The largest absolute Gasteiger partial charge is 0.462 e. The number of nitrogen functional groups attached to an aromatic ring is 1. The summed E-state index contributed by atoms with van der Waals surface area (Å²) in [5.41, 5.74) is 6.02. The molecule has 1 unspecified atom stereocenters. The molecule has 0 aliphatic heterocycles. The van der Waals surface area contributed by atoms with Gasteiger partial charge in [-0.15, -0.1) is 0 Å². The molecule has 0 saturated carbocycles. The highest BCUT2D eigenvalue weighted by atomic mass is 16.5. The summed E-state index contributed by atoms with van der Waals surface area (Å²) >= 11 is 0. The molecule has 1 aromatic rings. The third kappa shape index (κ3) is 3.25. The Morgan fingerprint density at radius 2 is 1.90 bits per heavy atom. The third-order valence-corrected chi connectivity index (χ3v) is 3.21. The molecule has 0 aliphatic carbocycles. The lowest BCUT2D eigenvalue weighted by molar-refractivity contribution is -0.0391. The quantitative estimate of drug-likeness (QED) is 0.804. The number of carbonyl (C=O) groups excluding carboxylic acids is 1. The number of nitrogens with two attached hydrogens (primary N) is 1. The van der Waals surface area contributed by atoms with Crippen LogP contribution in [-0.4, -0.2) is 29.2 Å². The molecule has 0 aromatic carbocycles. The van der Waals surface area contributed by atoms with Crippen LogP contribution in [0.2, 0.25) is 0 Å². The van der Waals surface area contributed by atoms with Gasteiger partial charge >= 0.3 is 5.97 Å². The Labute approximate surface area is 119 Å². The van der Waals surface area contributed by atoms with Gasteiger partial charge in [0, 0.05) is 6.61 Å². The van der Waals surface area contributed by atoms with Crippen LogP contribution in [-0.2, 0) is 15.1 Å². The standard InChI is InChI=1S/C14H23N3O3/c1-6-14(5,20-8-3)13-16-9(4)10(11(15)17-13)12(18)19-7-2/h6-8H2,1-5H3,(H2,15,16,17). The Morgan fingerprint density at radius 3 is 2.35 bits per heavy atom. The van der Waals surface area contributed by atoms with Crippen LogP contribution in [0.5, 0.6) is 0 Å². The minimum absolute atomic E-state index is 0.130. The van der Waals surface area contributed by atoms with Gasteiger partial charge in [0.2, 0.25) is 0 Å². The molecule has 0 fully saturated rings. The molecule has 0 radical (unpaired) electrons. The fourth-order valence-corrected chi connectivity index (χ4v) is 1.93. The van der Waals surface area contributed by atoms with Gasteiger partial charge in [-0.2, -0.15) is 0 Å². The highest BCUT2D eigenvalue weighted by molar-refractivity contribution is 5.95. The van der Waals surface area contributed by atoms with Crippen LogP contribution in [0.3, 0.4) is 0 Å². The first-order valence-corrected chi connectivity index (χ1v) is 6.85. The molecule has 0 bridgehead atoms. The number of carbonyl (C=O) groups is 1. The number of aromatic nitrogens is 2. The van der Waals surface area contributed by atoms with Gasteiger partial charge in [-0.3, -0.25) is 0 Å². The summed E-state index contributed by atoms with van der Waals surface area (Å²) < 4.78 is 10.7. The molecule has 1 atom stereocenters. The molecule has 0 saturated heterocycles. The molecule has 0 aliphatic rings. The van der Waals surface area contributed by atoms with Crippen molar-refractivity contribution in [3.05, 3.63) is 17.1 Å². The summed E-state index contributed by atoms with van der Waals surface area (Å²) in [6.07, 6.45) is 0.707. The van der Waals surface area contributed by atoms with Gasteiger partial charge in [0.25, 0.3) is 0 Å². The highest BCUT2D eigenvalue weighted by Gasteiger charge is 2.30. The number of hydrogen-bond acceptors (Lipinski definition) is 6. The van der Waals surface area contributed by atoms with Crippen molar-refractivity contribution >= 4 is 11.8 Å². The third-order valence-electron chi connectivity index (χ3n) is 3.21. The van der Waals surface area contributed by atoms with Crippen LogP contribution < -0.4 is 5.73 Å². The van der Waals surface area contributed by atoms with Crippen molar-refractivity contribution in [1.82, 2.24) is 9.97 Å². The van der Waals surface area contributed by atoms with Gasteiger partial charge in [-0.25, -0.2) is 14.8 Å². The number of anilines is 1. The lowest BCUT2D eigenvalue weighted by Crippen LogP contribution is -2.29. The molecule has 6 heteroatoms. The first-order valence-electron chi connectivity index (χ1n) is 6.85. The van der Waals surface area contributed by atoms with Crippen molar-refractivity contribution in [1.29, 1.82) is 0 Å². The predicted molar refractivity (Wildman–Crippen MR) is 76.4 cm³/mol. The molecule has 6 nitrogen and oxygen atoms in total. The number of ether oxygens (including phenoxy) is 2. The van der Waals surface area contributed by atoms with Crippen LogP contribution in [0.15, 0.2) is 0 Å². The van der Waals surface area contributed by atoms with E-state index in [0.29, 0.717) is 24.5 Å². The van der Waals surface area contributed by atoms with Gasteiger partial charge in [0.15, 0.2) is 5.82 Å². The number of hydrogen-bond donors (Lipinski definition) is 1. The minimum Gasteiger partial charge on any atom is -0.462 e. The van der Waals surface area contributed by atoms with Gasteiger partial charge in [0.05, 0.1) is 12.3 Å². The molecule has 0 amide bonds. The first-order chi connectivity index (χ1) is 9.39. The molecule has 0 spiro atoms. The molecular formula is C14H23N3O3. The van der Waals surface area contributed by atoms with Crippen LogP contribution >= 0.6 is 0 Å². The maximum atomic E-state index is 11.8. The van der Waals surface area contributed by atoms with E-state index in [1.807, 2.05) is 20.8 Å². The van der Waals surface area contributed by atoms with E-state index < -0.39 is 11.6 Å². The maximum absolute atomic E-state index is 11.8. The molecule has 2 N–H and O–H groups in total. The molecule has 112 valence electrons. The number of aryl methyl sites for hydroxylation is 1. The Kier molecular flexibility index (Phi) is 5.44. The van der Waals surface area contributed by atoms with Gasteiger partial charge < -0.3 is 15.2 Å². The molecule has 1 heterocycles. The minimum atomic E-state index is -0.610. The second kappa shape index (κ2) is 6.65. The fourth-order valence-electron chi connectivity index (χ4n) is 1.93. The van der Waals surface area contributed by atoms with Crippen LogP contribution in [0.1, 0.15) is 56.0 Å². The van der Waals surface area contributed by atoms with E-state index in [9.17, 15) is 4.79 Å². The summed E-state index contributed by atoms with van der Waals surface area (Å²) in [5, 5.41) is 0. The molecular weight excluding hydrogens is 258 g/mol. The van der Waals surface area contributed by atoms with Crippen molar-refractivity contribution in [2.24, 2.45) is 0 Å². The average molecular weight is 281 g/mol. The van der Waals surface area contributed by atoms with Gasteiger partial charge in [-0.05, 0) is 34.1 Å². The maximum Gasteiger partial charge on any atom is 0.343 e. The lowest BCUT2D eigenvalue weighted by Gasteiger charge is -2.27. The van der Waals surface area contributed by atoms with Crippen LogP contribution in [0.4, 0.5) is 5.82 Å².